The van der Waals surface area contributed by atoms with Gasteiger partial charge in [-0.3, -0.25) is 4.79 Å². The van der Waals surface area contributed by atoms with Crippen LogP contribution in [0.15, 0.2) is 24.3 Å². The third-order valence-corrected chi connectivity index (χ3v) is 4.18. The second-order valence-electron chi connectivity index (χ2n) is 5.79. The number of carbonyl (C=O) groups excluding carboxylic acids is 1. The Bertz CT molecular complexity index is 458. The summed E-state index contributed by atoms with van der Waals surface area (Å²) >= 11 is 0. The average molecular weight is 279 g/mol. The third kappa shape index (κ3) is 3.57. The summed E-state index contributed by atoms with van der Waals surface area (Å²) < 4.78 is 12.9. The van der Waals surface area contributed by atoms with Gasteiger partial charge < -0.3 is 10.0 Å². The SMILES string of the molecule is CC(CC(=O)N1CCC(C(C)O)C1)c1ccc(F)cc1. The summed E-state index contributed by atoms with van der Waals surface area (Å²) in [6.07, 6.45) is 0.939. The Hall–Kier alpha value is -1.42. The van der Waals surface area contributed by atoms with E-state index in [9.17, 15) is 14.3 Å². The van der Waals surface area contributed by atoms with Crippen molar-refractivity contribution < 1.29 is 14.3 Å². The van der Waals surface area contributed by atoms with Crippen LogP contribution < -0.4 is 0 Å². The topological polar surface area (TPSA) is 40.5 Å². The van der Waals surface area contributed by atoms with Crippen LogP contribution in [0.1, 0.15) is 38.2 Å². The minimum absolute atomic E-state index is 0.0775. The Balaban J connectivity index is 1.90. The normalized spacial score (nSPS) is 21.8. The first-order chi connectivity index (χ1) is 9.47. The maximum atomic E-state index is 12.9. The van der Waals surface area contributed by atoms with E-state index in [2.05, 4.69) is 0 Å². The van der Waals surface area contributed by atoms with E-state index >= 15 is 0 Å². The number of hydrogen-bond acceptors (Lipinski definition) is 2. The van der Waals surface area contributed by atoms with E-state index in [-0.39, 0.29) is 29.7 Å². The largest absolute Gasteiger partial charge is 0.393 e. The van der Waals surface area contributed by atoms with E-state index in [1.54, 1.807) is 19.1 Å². The number of amides is 1. The molecule has 3 nitrogen and oxygen atoms in total. The van der Waals surface area contributed by atoms with Gasteiger partial charge in [0.2, 0.25) is 5.91 Å². The van der Waals surface area contributed by atoms with Crippen LogP contribution in [0, 0.1) is 11.7 Å². The number of hydrogen-bond donors (Lipinski definition) is 1. The Labute approximate surface area is 119 Å². The molecule has 0 bridgehead atoms. The van der Waals surface area contributed by atoms with Crippen LogP contribution in [-0.4, -0.2) is 35.1 Å². The molecule has 0 aliphatic carbocycles. The summed E-state index contributed by atoms with van der Waals surface area (Å²) in [5.74, 6) is 0.130. The lowest BCUT2D eigenvalue weighted by Gasteiger charge is -2.20. The number of nitrogens with zero attached hydrogens (tertiary/aromatic N) is 1. The molecule has 4 heteroatoms. The molecule has 110 valence electrons. The summed E-state index contributed by atoms with van der Waals surface area (Å²) in [6, 6.07) is 6.32. The predicted octanol–water partition coefficient (Wildman–Crippen LogP) is 2.55. The molecule has 0 spiro atoms. The summed E-state index contributed by atoms with van der Waals surface area (Å²) in [5.41, 5.74) is 0.978. The molecule has 1 aromatic rings. The Kier molecular flexibility index (Phi) is 4.76. The third-order valence-electron chi connectivity index (χ3n) is 4.18. The van der Waals surface area contributed by atoms with Crippen LogP contribution in [0.5, 0.6) is 0 Å². The van der Waals surface area contributed by atoms with Crippen molar-refractivity contribution in [3.63, 3.8) is 0 Å². The maximum absolute atomic E-state index is 12.9. The summed E-state index contributed by atoms with van der Waals surface area (Å²) in [5, 5.41) is 9.56. The van der Waals surface area contributed by atoms with Crippen LogP contribution in [0.2, 0.25) is 0 Å². The number of rotatable bonds is 4. The molecular formula is C16H22FNO2. The van der Waals surface area contributed by atoms with E-state index in [0.717, 1.165) is 18.5 Å². The van der Waals surface area contributed by atoms with Crippen LogP contribution in [0.3, 0.4) is 0 Å². The number of aliphatic hydroxyl groups is 1. The van der Waals surface area contributed by atoms with Crippen molar-refractivity contribution in [3.05, 3.63) is 35.6 Å². The molecule has 0 saturated carbocycles. The molecule has 1 amide bonds. The fraction of sp³-hybridized carbons (Fsp3) is 0.562. The molecule has 1 N–H and O–H groups in total. The van der Waals surface area contributed by atoms with Gasteiger partial charge >= 0.3 is 0 Å². The molecule has 0 radical (unpaired) electrons. The minimum Gasteiger partial charge on any atom is -0.393 e. The standard InChI is InChI=1S/C16H22FNO2/c1-11(13-3-5-15(17)6-4-13)9-16(20)18-8-7-14(10-18)12(2)19/h3-6,11-12,14,19H,7-10H2,1-2H3. The number of likely N-dealkylation sites (tertiary alicyclic amines) is 1. The monoisotopic (exact) mass is 279 g/mol. The smallest absolute Gasteiger partial charge is 0.223 e. The molecule has 1 saturated heterocycles. The maximum Gasteiger partial charge on any atom is 0.223 e. The predicted molar refractivity (Wildman–Crippen MR) is 75.8 cm³/mol. The van der Waals surface area contributed by atoms with Gasteiger partial charge in [0.25, 0.3) is 0 Å². The molecule has 1 aromatic carbocycles. The molecule has 1 aliphatic rings. The molecule has 0 aromatic heterocycles. The number of aliphatic hydroxyl groups excluding tert-OH is 1. The van der Waals surface area contributed by atoms with Crippen LogP contribution in [-0.2, 0) is 4.79 Å². The quantitative estimate of drug-likeness (QED) is 0.920. The lowest BCUT2D eigenvalue weighted by molar-refractivity contribution is -0.130. The second kappa shape index (κ2) is 6.35. The first-order valence-electron chi connectivity index (χ1n) is 7.18. The zero-order valence-electron chi connectivity index (χ0n) is 12.1. The van der Waals surface area contributed by atoms with Gasteiger partial charge in [0, 0.05) is 25.4 Å². The first kappa shape index (κ1) is 15.0. The van der Waals surface area contributed by atoms with Crippen LogP contribution >= 0.6 is 0 Å². The zero-order valence-corrected chi connectivity index (χ0v) is 12.1. The van der Waals surface area contributed by atoms with E-state index in [4.69, 9.17) is 0 Å². The lowest BCUT2D eigenvalue weighted by atomic mass is 9.97. The summed E-state index contributed by atoms with van der Waals surface area (Å²) in [7, 11) is 0. The fourth-order valence-electron chi connectivity index (χ4n) is 2.71. The average Bonchev–Trinajstić information content (AvgIpc) is 2.89. The van der Waals surface area contributed by atoms with E-state index in [1.807, 2.05) is 11.8 Å². The van der Waals surface area contributed by atoms with Gasteiger partial charge in [-0.1, -0.05) is 19.1 Å². The first-order valence-corrected chi connectivity index (χ1v) is 7.18. The highest BCUT2D eigenvalue weighted by atomic mass is 19.1. The highest BCUT2D eigenvalue weighted by molar-refractivity contribution is 5.77. The van der Waals surface area contributed by atoms with Crippen LogP contribution in [0.4, 0.5) is 4.39 Å². The van der Waals surface area contributed by atoms with Gasteiger partial charge in [-0.05, 0) is 37.0 Å². The molecule has 1 fully saturated rings. The Morgan fingerprint density at radius 2 is 2.05 bits per heavy atom. The van der Waals surface area contributed by atoms with Crippen molar-refractivity contribution >= 4 is 5.91 Å². The number of benzene rings is 1. The summed E-state index contributed by atoms with van der Waals surface area (Å²) in [6.45, 7) is 5.13. The minimum atomic E-state index is -0.359. The highest BCUT2D eigenvalue weighted by Gasteiger charge is 2.29. The van der Waals surface area contributed by atoms with Gasteiger partial charge in [0.05, 0.1) is 6.10 Å². The highest BCUT2D eigenvalue weighted by Crippen LogP contribution is 2.24. The van der Waals surface area contributed by atoms with Gasteiger partial charge in [0.1, 0.15) is 5.82 Å². The lowest BCUT2D eigenvalue weighted by Crippen LogP contribution is -2.31. The molecule has 2 rings (SSSR count). The van der Waals surface area contributed by atoms with Crippen LogP contribution in [0.25, 0.3) is 0 Å². The second-order valence-corrected chi connectivity index (χ2v) is 5.79. The molecular weight excluding hydrogens is 257 g/mol. The van der Waals surface area contributed by atoms with Gasteiger partial charge in [0.15, 0.2) is 0 Å². The number of halogens is 1. The van der Waals surface area contributed by atoms with Crippen molar-refractivity contribution in [2.45, 2.75) is 38.7 Å². The Morgan fingerprint density at radius 3 is 2.60 bits per heavy atom. The molecule has 1 heterocycles. The molecule has 1 aliphatic heterocycles. The number of carbonyl (C=O) groups is 1. The molecule has 3 atom stereocenters. The Morgan fingerprint density at radius 1 is 1.40 bits per heavy atom. The zero-order chi connectivity index (χ0) is 14.7. The molecule has 3 unspecified atom stereocenters. The van der Waals surface area contributed by atoms with E-state index in [1.165, 1.54) is 12.1 Å². The van der Waals surface area contributed by atoms with Crippen molar-refractivity contribution in [2.75, 3.05) is 13.1 Å². The van der Waals surface area contributed by atoms with E-state index < -0.39 is 0 Å². The molecule has 20 heavy (non-hydrogen) atoms. The van der Waals surface area contributed by atoms with Crippen molar-refractivity contribution in [2.24, 2.45) is 5.92 Å². The van der Waals surface area contributed by atoms with Gasteiger partial charge in [-0.15, -0.1) is 0 Å². The van der Waals surface area contributed by atoms with Crippen molar-refractivity contribution in [1.82, 2.24) is 4.90 Å². The van der Waals surface area contributed by atoms with Crippen molar-refractivity contribution in [1.29, 1.82) is 0 Å². The van der Waals surface area contributed by atoms with Gasteiger partial charge in [-0.25, -0.2) is 4.39 Å². The van der Waals surface area contributed by atoms with Crippen molar-refractivity contribution in [3.8, 4) is 0 Å². The van der Waals surface area contributed by atoms with E-state index in [0.29, 0.717) is 13.0 Å². The fourth-order valence-corrected chi connectivity index (χ4v) is 2.71. The summed E-state index contributed by atoms with van der Waals surface area (Å²) in [4.78, 5) is 14.1. The van der Waals surface area contributed by atoms with Gasteiger partial charge in [-0.2, -0.15) is 0 Å².